The van der Waals surface area contributed by atoms with Gasteiger partial charge in [-0.05, 0) is 18.2 Å². The molecule has 2 rings (SSSR count). The largest absolute Gasteiger partial charge is 0.426 e. The van der Waals surface area contributed by atoms with Crippen LogP contribution in [0.3, 0.4) is 0 Å². The molecule has 0 saturated carbocycles. The number of ether oxygens (including phenoxy) is 1. The van der Waals surface area contributed by atoms with Crippen LogP contribution in [0, 0.1) is 0 Å². The van der Waals surface area contributed by atoms with Gasteiger partial charge < -0.3 is 10.5 Å². The Morgan fingerprint density at radius 3 is 2.92 bits per heavy atom. The molecule has 3 nitrogen and oxygen atoms in total. The van der Waals surface area contributed by atoms with Gasteiger partial charge in [0.2, 0.25) is 0 Å². The van der Waals surface area contributed by atoms with Crippen LogP contribution < -0.4 is 10.5 Å². The molecule has 0 radical (unpaired) electrons. The van der Waals surface area contributed by atoms with E-state index in [0.29, 0.717) is 17.9 Å². The van der Waals surface area contributed by atoms with Crippen LogP contribution in [-0.2, 0) is 11.2 Å². The van der Waals surface area contributed by atoms with Crippen molar-refractivity contribution in [3.05, 3.63) is 23.8 Å². The number of esters is 1. The highest BCUT2D eigenvalue weighted by Crippen LogP contribution is 2.27. The molecule has 1 aromatic rings. The van der Waals surface area contributed by atoms with Gasteiger partial charge in [0.15, 0.2) is 0 Å². The summed E-state index contributed by atoms with van der Waals surface area (Å²) in [7, 11) is 0. The second-order valence-electron chi connectivity index (χ2n) is 2.52. The van der Waals surface area contributed by atoms with E-state index in [1.165, 1.54) is 0 Å². The monoisotopic (exact) mass is 185 g/mol. The van der Waals surface area contributed by atoms with Gasteiger partial charge in [-0.1, -0.05) is 0 Å². The SMILES string of the molecule is Cl.Nc1ccc2c(c1)CC(=O)O2. The number of nitrogens with two attached hydrogens (primary N) is 1. The molecular weight excluding hydrogens is 178 g/mol. The zero-order valence-corrected chi connectivity index (χ0v) is 7.06. The first-order valence-electron chi connectivity index (χ1n) is 3.35. The minimum Gasteiger partial charge on any atom is -0.426 e. The maximum absolute atomic E-state index is 10.7. The molecule has 1 aromatic carbocycles. The quantitative estimate of drug-likeness (QED) is 0.375. The molecule has 1 aliphatic rings. The summed E-state index contributed by atoms with van der Waals surface area (Å²) in [6, 6.07) is 5.20. The fourth-order valence-corrected chi connectivity index (χ4v) is 1.15. The Morgan fingerprint density at radius 1 is 1.42 bits per heavy atom. The zero-order valence-electron chi connectivity index (χ0n) is 6.24. The molecule has 0 saturated heterocycles. The molecule has 64 valence electrons. The predicted molar refractivity (Wildman–Crippen MR) is 47.4 cm³/mol. The summed E-state index contributed by atoms with van der Waals surface area (Å²) < 4.78 is 4.87. The van der Waals surface area contributed by atoms with Crippen molar-refractivity contribution in [1.82, 2.24) is 0 Å². The Bertz CT molecular complexity index is 325. The van der Waals surface area contributed by atoms with Gasteiger partial charge in [-0.3, -0.25) is 4.79 Å². The van der Waals surface area contributed by atoms with Gasteiger partial charge in [0.25, 0.3) is 0 Å². The number of carbonyl (C=O) groups excluding carboxylic acids is 1. The maximum atomic E-state index is 10.7. The molecule has 1 heterocycles. The lowest BCUT2D eigenvalue weighted by molar-refractivity contribution is -0.131. The van der Waals surface area contributed by atoms with Crippen molar-refractivity contribution < 1.29 is 9.53 Å². The van der Waals surface area contributed by atoms with E-state index < -0.39 is 0 Å². The highest BCUT2D eigenvalue weighted by molar-refractivity contribution is 5.85. The summed E-state index contributed by atoms with van der Waals surface area (Å²) in [5, 5.41) is 0. The first-order valence-corrected chi connectivity index (χ1v) is 3.35. The summed E-state index contributed by atoms with van der Waals surface area (Å²) in [4.78, 5) is 10.7. The van der Waals surface area contributed by atoms with Crippen molar-refractivity contribution >= 4 is 24.1 Å². The smallest absolute Gasteiger partial charge is 0.315 e. The van der Waals surface area contributed by atoms with Crippen LogP contribution >= 0.6 is 12.4 Å². The molecule has 2 N–H and O–H groups in total. The van der Waals surface area contributed by atoms with Gasteiger partial charge in [-0.25, -0.2) is 0 Å². The van der Waals surface area contributed by atoms with Crippen molar-refractivity contribution in [3.8, 4) is 5.75 Å². The number of nitrogen functional groups attached to an aromatic ring is 1. The van der Waals surface area contributed by atoms with Crippen LogP contribution in [0.2, 0.25) is 0 Å². The highest BCUT2D eigenvalue weighted by atomic mass is 35.5. The van der Waals surface area contributed by atoms with Crippen LogP contribution in [0.1, 0.15) is 5.56 Å². The van der Waals surface area contributed by atoms with Crippen molar-refractivity contribution in [2.45, 2.75) is 6.42 Å². The van der Waals surface area contributed by atoms with E-state index in [-0.39, 0.29) is 18.4 Å². The summed E-state index contributed by atoms with van der Waals surface area (Å²) in [5.74, 6) is 0.440. The van der Waals surface area contributed by atoms with E-state index >= 15 is 0 Å². The maximum Gasteiger partial charge on any atom is 0.315 e. The number of fused-ring (bicyclic) bond motifs is 1. The van der Waals surface area contributed by atoms with Crippen molar-refractivity contribution in [2.24, 2.45) is 0 Å². The summed E-state index contributed by atoms with van der Waals surface area (Å²) >= 11 is 0. The fraction of sp³-hybridized carbons (Fsp3) is 0.125. The number of benzene rings is 1. The second-order valence-corrected chi connectivity index (χ2v) is 2.52. The standard InChI is InChI=1S/C8H7NO2.ClH/c9-6-1-2-7-5(3-6)4-8(10)11-7;/h1-3H,4,9H2;1H. The lowest BCUT2D eigenvalue weighted by atomic mass is 10.1. The average Bonchev–Trinajstić information content (AvgIpc) is 2.27. The van der Waals surface area contributed by atoms with Crippen LogP contribution in [-0.4, -0.2) is 5.97 Å². The van der Waals surface area contributed by atoms with Crippen LogP contribution in [0.15, 0.2) is 18.2 Å². The van der Waals surface area contributed by atoms with Crippen molar-refractivity contribution in [1.29, 1.82) is 0 Å². The van der Waals surface area contributed by atoms with Gasteiger partial charge in [-0.15, -0.1) is 12.4 Å². The molecule has 0 atom stereocenters. The third-order valence-electron chi connectivity index (χ3n) is 1.64. The molecule has 0 bridgehead atoms. The van der Waals surface area contributed by atoms with Gasteiger partial charge in [0.05, 0.1) is 6.42 Å². The van der Waals surface area contributed by atoms with E-state index in [1.807, 2.05) is 0 Å². The normalized spacial score (nSPS) is 13.2. The molecule has 12 heavy (non-hydrogen) atoms. The Balaban J connectivity index is 0.000000720. The molecule has 0 fully saturated rings. The molecule has 0 aliphatic carbocycles. The lowest BCUT2D eigenvalue weighted by Gasteiger charge is -1.96. The van der Waals surface area contributed by atoms with E-state index in [1.54, 1.807) is 18.2 Å². The second kappa shape index (κ2) is 3.03. The van der Waals surface area contributed by atoms with Crippen molar-refractivity contribution in [3.63, 3.8) is 0 Å². The average molecular weight is 186 g/mol. The van der Waals surface area contributed by atoms with Crippen LogP contribution in [0.4, 0.5) is 5.69 Å². The number of hydrogen-bond acceptors (Lipinski definition) is 3. The molecule has 4 heteroatoms. The Labute approximate surface area is 75.9 Å². The highest BCUT2D eigenvalue weighted by Gasteiger charge is 2.19. The topological polar surface area (TPSA) is 52.3 Å². The number of rotatable bonds is 0. The van der Waals surface area contributed by atoms with Crippen molar-refractivity contribution in [2.75, 3.05) is 5.73 Å². The minimum absolute atomic E-state index is 0. The van der Waals surface area contributed by atoms with Crippen LogP contribution in [0.25, 0.3) is 0 Å². The minimum atomic E-state index is -0.203. The van der Waals surface area contributed by atoms with Crippen LogP contribution in [0.5, 0.6) is 5.75 Å². The van der Waals surface area contributed by atoms with E-state index in [4.69, 9.17) is 10.5 Å². The van der Waals surface area contributed by atoms with E-state index in [0.717, 1.165) is 5.56 Å². The first kappa shape index (κ1) is 8.87. The predicted octanol–water partition coefficient (Wildman–Crippen LogP) is 1.15. The third kappa shape index (κ3) is 1.36. The fourth-order valence-electron chi connectivity index (χ4n) is 1.15. The molecule has 0 amide bonds. The first-order chi connectivity index (χ1) is 5.25. The molecule has 0 unspecified atom stereocenters. The number of halogens is 1. The summed E-state index contributed by atoms with van der Waals surface area (Å²) in [6.07, 6.45) is 0.348. The van der Waals surface area contributed by atoms with E-state index in [2.05, 4.69) is 0 Å². The number of anilines is 1. The Kier molecular flexibility index (Phi) is 2.24. The number of hydrogen-bond donors (Lipinski definition) is 1. The molecule has 1 aliphatic heterocycles. The summed E-state index contributed by atoms with van der Waals surface area (Å²) in [5.41, 5.74) is 7.06. The molecular formula is C8H8ClNO2. The Morgan fingerprint density at radius 2 is 2.17 bits per heavy atom. The summed E-state index contributed by atoms with van der Waals surface area (Å²) in [6.45, 7) is 0. The van der Waals surface area contributed by atoms with Gasteiger partial charge in [0, 0.05) is 11.3 Å². The van der Waals surface area contributed by atoms with E-state index in [9.17, 15) is 4.79 Å². The molecule has 0 aromatic heterocycles. The Hall–Kier alpha value is -1.22. The third-order valence-corrected chi connectivity index (χ3v) is 1.64. The molecule has 0 spiro atoms. The van der Waals surface area contributed by atoms with Gasteiger partial charge >= 0.3 is 5.97 Å². The van der Waals surface area contributed by atoms with Gasteiger partial charge in [0.1, 0.15) is 5.75 Å². The number of carbonyl (C=O) groups is 1. The van der Waals surface area contributed by atoms with Gasteiger partial charge in [-0.2, -0.15) is 0 Å². The lowest BCUT2D eigenvalue weighted by Crippen LogP contribution is -2.00. The zero-order chi connectivity index (χ0) is 7.84.